The average Bonchev–Trinajstić information content (AvgIpc) is 2.61. The summed E-state index contributed by atoms with van der Waals surface area (Å²) in [5.74, 6) is 0. The van der Waals surface area contributed by atoms with Gasteiger partial charge < -0.3 is 0 Å². The van der Waals surface area contributed by atoms with Crippen LogP contribution in [0.15, 0.2) is 24.3 Å². The molecule has 1 atom stereocenters. The Hall–Kier alpha value is -1.38. The normalized spacial score (nSPS) is 13.3. The first-order valence-corrected chi connectivity index (χ1v) is 5.13. The maximum atomic E-state index is 4.44. The molecule has 1 aromatic heterocycles. The summed E-state index contributed by atoms with van der Waals surface area (Å²) in [6, 6.07) is 8.37. The highest BCUT2D eigenvalue weighted by Crippen LogP contribution is 2.14. The Morgan fingerprint density at radius 1 is 1.21 bits per heavy atom. The van der Waals surface area contributed by atoms with Gasteiger partial charge in [0.2, 0.25) is 0 Å². The van der Waals surface area contributed by atoms with Crippen molar-refractivity contribution < 1.29 is 0 Å². The lowest BCUT2D eigenvalue weighted by Gasteiger charge is -2.07. The van der Waals surface area contributed by atoms with E-state index in [1.807, 2.05) is 29.1 Å². The molecule has 1 heterocycles. The van der Waals surface area contributed by atoms with Crippen LogP contribution in [0.1, 0.15) is 32.7 Å². The van der Waals surface area contributed by atoms with E-state index >= 15 is 0 Å². The van der Waals surface area contributed by atoms with Gasteiger partial charge in [0.05, 0.1) is 6.04 Å². The van der Waals surface area contributed by atoms with Gasteiger partial charge in [0.25, 0.3) is 0 Å². The molecule has 0 fully saturated rings. The highest BCUT2D eigenvalue weighted by Gasteiger charge is 2.07. The van der Waals surface area contributed by atoms with Crippen molar-refractivity contribution in [1.29, 1.82) is 0 Å². The molecule has 0 aliphatic carbocycles. The fourth-order valence-electron chi connectivity index (χ4n) is 1.61. The largest absolute Gasteiger partial charge is 0.181 e. The second-order valence-corrected chi connectivity index (χ2v) is 3.65. The van der Waals surface area contributed by atoms with E-state index in [-0.39, 0.29) is 0 Å². The Bertz CT molecular complexity index is 386. The van der Waals surface area contributed by atoms with Gasteiger partial charge >= 0.3 is 0 Å². The van der Waals surface area contributed by atoms with Crippen molar-refractivity contribution in [2.45, 2.75) is 32.7 Å². The standard InChI is InChI=1S/C11H15N3/c1-3-6-9(2)14-12-10-7-4-5-8-11(10)13-14/h4-5,7-9H,3,6H2,1-2H3. The molecule has 0 radical (unpaired) electrons. The van der Waals surface area contributed by atoms with Crippen LogP contribution in [0.2, 0.25) is 0 Å². The first kappa shape index (κ1) is 9.19. The first-order valence-electron chi connectivity index (χ1n) is 5.13. The molecule has 0 N–H and O–H groups in total. The van der Waals surface area contributed by atoms with Crippen LogP contribution in [-0.4, -0.2) is 15.0 Å². The van der Waals surface area contributed by atoms with E-state index in [9.17, 15) is 0 Å². The van der Waals surface area contributed by atoms with Crippen molar-refractivity contribution in [3.63, 3.8) is 0 Å². The highest BCUT2D eigenvalue weighted by atomic mass is 15.5. The van der Waals surface area contributed by atoms with Gasteiger partial charge in [-0.2, -0.15) is 15.0 Å². The highest BCUT2D eigenvalue weighted by molar-refractivity contribution is 5.72. The van der Waals surface area contributed by atoms with Crippen molar-refractivity contribution in [3.05, 3.63) is 24.3 Å². The first-order chi connectivity index (χ1) is 6.81. The summed E-state index contributed by atoms with van der Waals surface area (Å²) in [7, 11) is 0. The van der Waals surface area contributed by atoms with Crippen molar-refractivity contribution in [2.24, 2.45) is 0 Å². The van der Waals surface area contributed by atoms with Crippen molar-refractivity contribution in [3.8, 4) is 0 Å². The fraction of sp³-hybridized carbons (Fsp3) is 0.455. The molecule has 0 aliphatic rings. The second-order valence-electron chi connectivity index (χ2n) is 3.65. The molecule has 0 aliphatic heterocycles. The third-order valence-corrected chi connectivity index (χ3v) is 2.40. The maximum absolute atomic E-state index is 4.44. The van der Waals surface area contributed by atoms with Gasteiger partial charge in [0.15, 0.2) is 0 Å². The quantitative estimate of drug-likeness (QED) is 0.743. The molecular formula is C11H15N3. The molecule has 14 heavy (non-hydrogen) atoms. The molecule has 0 amide bonds. The summed E-state index contributed by atoms with van der Waals surface area (Å²) < 4.78 is 0. The molecule has 0 spiro atoms. The average molecular weight is 189 g/mol. The Kier molecular flexibility index (Phi) is 2.48. The smallest absolute Gasteiger partial charge is 0.113 e. The fourth-order valence-corrected chi connectivity index (χ4v) is 1.61. The molecule has 0 bridgehead atoms. The van der Waals surface area contributed by atoms with Gasteiger partial charge in [0.1, 0.15) is 11.0 Å². The minimum Gasteiger partial charge on any atom is -0.181 e. The Morgan fingerprint density at radius 3 is 2.29 bits per heavy atom. The number of nitrogens with zero attached hydrogens (tertiary/aromatic N) is 3. The van der Waals surface area contributed by atoms with Crippen molar-refractivity contribution in [2.75, 3.05) is 0 Å². The summed E-state index contributed by atoms with van der Waals surface area (Å²) in [6.45, 7) is 4.34. The third kappa shape index (κ3) is 1.62. The SMILES string of the molecule is CCCC(C)n1nc2ccccc2n1. The molecule has 0 saturated heterocycles. The molecular weight excluding hydrogens is 174 g/mol. The maximum Gasteiger partial charge on any atom is 0.113 e. The summed E-state index contributed by atoms with van der Waals surface area (Å²) in [5.41, 5.74) is 1.96. The van der Waals surface area contributed by atoms with E-state index in [0.717, 1.165) is 17.5 Å². The van der Waals surface area contributed by atoms with Gasteiger partial charge in [-0.05, 0) is 25.5 Å². The monoisotopic (exact) mass is 189 g/mol. The van der Waals surface area contributed by atoms with Crippen LogP contribution in [0.25, 0.3) is 11.0 Å². The van der Waals surface area contributed by atoms with Crippen molar-refractivity contribution in [1.82, 2.24) is 15.0 Å². The van der Waals surface area contributed by atoms with Crippen LogP contribution >= 0.6 is 0 Å². The number of hydrogen-bond acceptors (Lipinski definition) is 2. The topological polar surface area (TPSA) is 30.7 Å². The molecule has 1 aromatic carbocycles. The molecule has 2 rings (SSSR count). The summed E-state index contributed by atoms with van der Waals surface area (Å²) >= 11 is 0. The predicted octanol–water partition coefficient (Wildman–Crippen LogP) is 2.79. The Labute approximate surface area is 83.7 Å². The molecule has 74 valence electrons. The number of benzene rings is 1. The number of aromatic nitrogens is 3. The second kappa shape index (κ2) is 3.78. The van der Waals surface area contributed by atoms with Crippen LogP contribution in [0.4, 0.5) is 0 Å². The Morgan fingerprint density at radius 2 is 1.79 bits per heavy atom. The molecule has 3 nitrogen and oxygen atoms in total. The molecule has 2 aromatic rings. The van der Waals surface area contributed by atoms with E-state index in [0.29, 0.717) is 6.04 Å². The molecule has 3 heteroatoms. The van der Waals surface area contributed by atoms with Gasteiger partial charge in [-0.1, -0.05) is 25.5 Å². The van der Waals surface area contributed by atoms with Gasteiger partial charge in [-0.15, -0.1) is 0 Å². The molecule has 0 saturated carbocycles. The number of rotatable bonds is 3. The van der Waals surface area contributed by atoms with E-state index in [4.69, 9.17) is 0 Å². The van der Waals surface area contributed by atoms with Crippen LogP contribution in [-0.2, 0) is 0 Å². The van der Waals surface area contributed by atoms with E-state index in [1.165, 1.54) is 6.42 Å². The zero-order chi connectivity index (χ0) is 9.97. The lowest BCUT2D eigenvalue weighted by Crippen LogP contribution is -2.08. The van der Waals surface area contributed by atoms with Crippen LogP contribution in [0.5, 0.6) is 0 Å². The van der Waals surface area contributed by atoms with Crippen molar-refractivity contribution >= 4 is 11.0 Å². The number of hydrogen-bond donors (Lipinski definition) is 0. The predicted molar refractivity (Wildman–Crippen MR) is 57.1 cm³/mol. The molecule has 1 unspecified atom stereocenters. The summed E-state index contributed by atoms with van der Waals surface area (Å²) in [4.78, 5) is 1.83. The number of fused-ring (bicyclic) bond motifs is 1. The lowest BCUT2D eigenvalue weighted by molar-refractivity contribution is 0.410. The van der Waals surface area contributed by atoms with Gasteiger partial charge in [-0.3, -0.25) is 0 Å². The minimum absolute atomic E-state index is 0.396. The summed E-state index contributed by atoms with van der Waals surface area (Å²) in [5, 5.41) is 8.87. The lowest BCUT2D eigenvalue weighted by atomic mass is 10.2. The van der Waals surface area contributed by atoms with Gasteiger partial charge in [0, 0.05) is 0 Å². The van der Waals surface area contributed by atoms with E-state index in [1.54, 1.807) is 0 Å². The van der Waals surface area contributed by atoms with Crippen LogP contribution < -0.4 is 0 Å². The van der Waals surface area contributed by atoms with Crippen LogP contribution in [0.3, 0.4) is 0 Å². The third-order valence-electron chi connectivity index (χ3n) is 2.40. The summed E-state index contributed by atoms with van der Waals surface area (Å²) in [6.07, 6.45) is 2.29. The minimum atomic E-state index is 0.396. The van der Waals surface area contributed by atoms with E-state index < -0.39 is 0 Å². The zero-order valence-electron chi connectivity index (χ0n) is 8.64. The van der Waals surface area contributed by atoms with Crippen LogP contribution in [0, 0.1) is 0 Å². The Balaban J connectivity index is 2.35. The van der Waals surface area contributed by atoms with E-state index in [2.05, 4.69) is 24.0 Å². The van der Waals surface area contributed by atoms with Gasteiger partial charge in [-0.25, -0.2) is 0 Å². The zero-order valence-corrected chi connectivity index (χ0v) is 8.64.